The molecular weight excluding hydrogens is 342 g/mol. The molecule has 0 bridgehead atoms. The molecule has 0 aliphatic rings. The number of nitrogens with one attached hydrogen (secondary N) is 2. The second-order valence-corrected chi connectivity index (χ2v) is 6.58. The predicted octanol–water partition coefficient (Wildman–Crippen LogP) is 2.76. The molecule has 2 amide bonds. The molecule has 0 spiro atoms. The van der Waals surface area contributed by atoms with Crippen LogP contribution in [0, 0.1) is 6.92 Å². The summed E-state index contributed by atoms with van der Waals surface area (Å²) in [7, 11) is 5.52. The molecule has 144 valence electrons. The Morgan fingerprint density at radius 2 is 1.74 bits per heavy atom. The van der Waals surface area contributed by atoms with E-state index in [-0.39, 0.29) is 0 Å². The number of carbonyl (C=O) groups is 2. The average Bonchev–Trinajstić information content (AvgIpc) is 2.65. The Hall–Kier alpha value is -3.02. The number of rotatable bonds is 7. The third-order valence-electron chi connectivity index (χ3n) is 4.19. The van der Waals surface area contributed by atoms with Crippen LogP contribution >= 0.6 is 0 Å². The van der Waals surface area contributed by atoms with Gasteiger partial charge in [-0.1, -0.05) is 18.2 Å². The van der Waals surface area contributed by atoms with E-state index in [1.807, 2.05) is 32.0 Å². The summed E-state index contributed by atoms with van der Waals surface area (Å²) in [5.74, 6) is -0.835. The molecule has 0 fully saturated rings. The monoisotopic (exact) mass is 369 g/mol. The Bertz CT molecular complexity index is 786. The van der Waals surface area contributed by atoms with Gasteiger partial charge in [0.2, 0.25) is 0 Å². The molecular formula is C21H27N3O3. The van der Waals surface area contributed by atoms with E-state index in [1.54, 1.807) is 12.1 Å². The minimum atomic E-state index is -0.700. The van der Waals surface area contributed by atoms with Crippen molar-refractivity contribution in [1.82, 2.24) is 5.32 Å². The Kier molecular flexibility index (Phi) is 7.23. The first-order chi connectivity index (χ1) is 12.9. The molecule has 27 heavy (non-hydrogen) atoms. The molecule has 0 unspecified atom stereocenters. The number of amides is 2. The summed E-state index contributed by atoms with van der Waals surface area (Å²) in [6.07, 6.45) is 1.59. The summed E-state index contributed by atoms with van der Waals surface area (Å²) in [5, 5.41) is 5.25. The highest BCUT2D eigenvalue weighted by molar-refractivity contribution is 6.39. The lowest BCUT2D eigenvalue weighted by Gasteiger charge is -2.13. The van der Waals surface area contributed by atoms with E-state index in [0.717, 1.165) is 24.1 Å². The molecule has 0 aliphatic heterocycles. The molecule has 0 saturated carbocycles. The topological polar surface area (TPSA) is 70.7 Å². The SMILES string of the molecule is COc1ccc(C)cc1NC(=O)C(=O)NCCCc1ccc(N(C)C)cc1. The van der Waals surface area contributed by atoms with Crippen LogP contribution in [-0.2, 0) is 16.0 Å². The van der Waals surface area contributed by atoms with Gasteiger partial charge in [0.05, 0.1) is 12.8 Å². The van der Waals surface area contributed by atoms with Gasteiger partial charge in [-0.15, -0.1) is 0 Å². The standard InChI is InChI=1S/C21H27N3O3/c1-15-7-12-19(27-4)18(14-15)23-21(26)20(25)22-13-5-6-16-8-10-17(11-9-16)24(2)3/h7-12,14H,5-6,13H2,1-4H3,(H,22,25)(H,23,26). The van der Waals surface area contributed by atoms with Gasteiger partial charge < -0.3 is 20.3 Å². The van der Waals surface area contributed by atoms with Gasteiger partial charge in [-0.25, -0.2) is 0 Å². The molecule has 6 heteroatoms. The van der Waals surface area contributed by atoms with Crippen molar-refractivity contribution in [3.63, 3.8) is 0 Å². The molecule has 0 atom stereocenters. The molecule has 0 aliphatic carbocycles. The van der Waals surface area contributed by atoms with Crippen LogP contribution in [0.1, 0.15) is 17.5 Å². The fourth-order valence-corrected chi connectivity index (χ4v) is 2.63. The maximum absolute atomic E-state index is 12.1. The third-order valence-corrected chi connectivity index (χ3v) is 4.19. The lowest BCUT2D eigenvalue weighted by molar-refractivity contribution is -0.136. The van der Waals surface area contributed by atoms with Crippen molar-refractivity contribution in [2.75, 3.05) is 38.0 Å². The molecule has 0 radical (unpaired) electrons. The largest absolute Gasteiger partial charge is 0.495 e. The van der Waals surface area contributed by atoms with Crippen LogP contribution in [0.3, 0.4) is 0 Å². The highest BCUT2D eigenvalue weighted by Gasteiger charge is 2.15. The normalized spacial score (nSPS) is 10.2. The van der Waals surface area contributed by atoms with Gasteiger partial charge in [0.25, 0.3) is 0 Å². The summed E-state index contributed by atoms with van der Waals surface area (Å²) in [5.41, 5.74) is 3.80. The van der Waals surface area contributed by atoms with E-state index < -0.39 is 11.8 Å². The van der Waals surface area contributed by atoms with Crippen LogP contribution < -0.4 is 20.3 Å². The first kappa shape index (κ1) is 20.3. The van der Waals surface area contributed by atoms with E-state index in [9.17, 15) is 9.59 Å². The van der Waals surface area contributed by atoms with Crippen molar-refractivity contribution in [2.24, 2.45) is 0 Å². The van der Waals surface area contributed by atoms with Crippen molar-refractivity contribution in [2.45, 2.75) is 19.8 Å². The van der Waals surface area contributed by atoms with E-state index >= 15 is 0 Å². The molecule has 0 heterocycles. The molecule has 6 nitrogen and oxygen atoms in total. The number of nitrogens with zero attached hydrogens (tertiary/aromatic N) is 1. The Labute approximate surface area is 160 Å². The van der Waals surface area contributed by atoms with Crippen LogP contribution in [0.15, 0.2) is 42.5 Å². The van der Waals surface area contributed by atoms with E-state index in [1.165, 1.54) is 12.7 Å². The Balaban J connectivity index is 1.78. The quantitative estimate of drug-likeness (QED) is 0.582. The third kappa shape index (κ3) is 6.02. The lowest BCUT2D eigenvalue weighted by Crippen LogP contribution is -2.36. The van der Waals surface area contributed by atoms with Crippen LogP contribution in [-0.4, -0.2) is 39.6 Å². The number of anilines is 2. The van der Waals surface area contributed by atoms with Gasteiger partial charge in [0.15, 0.2) is 0 Å². The van der Waals surface area contributed by atoms with Crippen LogP contribution in [0.25, 0.3) is 0 Å². The van der Waals surface area contributed by atoms with Gasteiger partial charge in [-0.05, 0) is 55.2 Å². The fourth-order valence-electron chi connectivity index (χ4n) is 2.63. The summed E-state index contributed by atoms with van der Waals surface area (Å²) in [4.78, 5) is 26.1. The van der Waals surface area contributed by atoms with Crippen LogP contribution in [0.2, 0.25) is 0 Å². The zero-order valence-corrected chi connectivity index (χ0v) is 16.3. The molecule has 0 saturated heterocycles. The van der Waals surface area contributed by atoms with Gasteiger partial charge >= 0.3 is 11.8 Å². The zero-order valence-electron chi connectivity index (χ0n) is 16.3. The van der Waals surface area contributed by atoms with Gasteiger partial charge in [0.1, 0.15) is 5.75 Å². The fraction of sp³-hybridized carbons (Fsp3) is 0.333. The minimum absolute atomic E-state index is 0.437. The first-order valence-corrected chi connectivity index (χ1v) is 8.91. The second kappa shape index (κ2) is 9.62. The molecule has 2 N–H and O–H groups in total. The number of carbonyl (C=O) groups excluding carboxylic acids is 2. The Morgan fingerprint density at radius 1 is 1.04 bits per heavy atom. The van der Waals surface area contributed by atoms with Crippen LogP contribution in [0.5, 0.6) is 5.75 Å². The summed E-state index contributed by atoms with van der Waals surface area (Å²) >= 11 is 0. The minimum Gasteiger partial charge on any atom is -0.495 e. The number of methoxy groups -OCH3 is 1. The number of ether oxygens (including phenoxy) is 1. The first-order valence-electron chi connectivity index (χ1n) is 8.91. The highest BCUT2D eigenvalue weighted by atomic mass is 16.5. The second-order valence-electron chi connectivity index (χ2n) is 6.58. The van der Waals surface area contributed by atoms with Gasteiger partial charge in [-0.3, -0.25) is 9.59 Å². The number of benzene rings is 2. The van der Waals surface area contributed by atoms with Crippen molar-refractivity contribution in [3.05, 3.63) is 53.6 Å². The van der Waals surface area contributed by atoms with Crippen molar-refractivity contribution >= 4 is 23.2 Å². The highest BCUT2D eigenvalue weighted by Crippen LogP contribution is 2.25. The van der Waals surface area contributed by atoms with E-state index in [0.29, 0.717) is 18.0 Å². The Morgan fingerprint density at radius 3 is 2.37 bits per heavy atom. The molecule has 2 aromatic carbocycles. The van der Waals surface area contributed by atoms with E-state index in [4.69, 9.17) is 4.74 Å². The van der Waals surface area contributed by atoms with E-state index in [2.05, 4.69) is 34.9 Å². The molecule has 2 rings (SSSR count). The predicted molar refractivity (Wildman–Crippen MR) is 108 cm³/mol. The van der Waals surface area contributed by atoms with Gasteiger partial charge in [0, 0.05) is 26.3 Å². The van der Waals surface area contributed by atoms with Crippen molar-refractivity contribution in [3.8, 4) is 5.75 Å². The zero-order chi connectivity index (χ0) is 19.8. The summed E-state index contributed by atoms with van der Waals surface area (Å²) in [6.45, 7) is 2.34. The molecule has 0 aromatic heterocycles. The smallest absolute Gasteiger partial charge is 0.313 e. The van der Waals surface area contributed by atoms with Gasteiger partial charge in [-0.2, -0.15) is 0 Å². The lowest BCUT2D eigenvalue weighted by atomic mass is 10.1. The number of hydrogen-bond acceptors (Lipinski definition) is 4. The van der Waals surface area contributed by atoms with Crippen molar-refractivity contribution < 1.29 is 14.3 Å². The van der Waals surface area contributed by atoms with Crippen molar-refractivity contribution in [1.29, 1.82) is 0 Å². The average molecular weight is 369 g/mol. The molecule has 2 aromatic rings. The number of hydrogen-bond donors (Lipinski definition) is 2. The number of aryl methyl sites for hydroxylation is 2. The maximum atomic E-state index is 12.1. The maximum Gasteiger partial charge on any atom is 0.313 e. The summed E-state index contributed by atoms with van der Waals surface area (Å²) < 4.78 is 5.20. The van der Waals surface area contributed by atoms with Crippen LogP contribution in [0.4, 0.5) is 11.4 Å². The summed E-state index contributed by atoms with van der Waals surface area (Å²) in [6, 6.07) is 13.7.